The molecular weight excluding hydrogens is 285 g/mol. The Morgan fingerprint density at radius 2 is 1.95 bits per heavy atom. The summed E-state index contributed by atoms with van der Waals surface area (Å²) in [6, 6.07) is 12.2. The number of rotatable bonds is 3. The van der Waals surface area contributed by atoms with E-state index in [9.17, 15) is 9.18 Å². The van der Waals surface area contributed by atoms with Crippen LogP contribution in [0.3, 0.4) is 0 Å². The minimum atomic E-state index is -0.834. The molecule has 2 aromatic rings. The summed E-state index contributed by atoms with van der Waals surface area (Å²) < 4.78 is 12.5. The van der Waals surface area contributed by atoms with Gasteiger partial charge in [-0.05, 0) is 30.2 Å². The molecule has 0 radical (unpaired) electrons. The predicted octanol–water partition coefficient (Wildman–Crippen LogP) is 3.74. The first-order valence-corrected chi connectivity index (χ1v) is 6.69. The molecule has 0 aliphatic rings. The first kappa shape index (κ1) is 17.2. The number of benzene rings is 2. The molecule has 0 heterocycles. The fourth-order valence-corrected chi connectivity index (χ4v) is 1.81. The van der Waals surface area contributed by atoms with E-state index in [1.165, 1.54) is 12.1 Å². The highest BCUT2D eigenvalue weighted by Gasteiger charge is 2.06. The largest absolute Gasteiger partial charge is 0.508 e. The molecule has 4 nitrogen and oxygen atoms in total. The van der Waals surface area contributed by atoms with Crippen molar-refractivity contribution in [1.29, 1.82) is 5.26 Å². The van der Waals surface area contributed by atoms with E-state index in [2.05, 4.69) is 0 Å². The third-order valence-electron chi connectivity index (χ3n) is 2.84. The van der Waals surface area contributed by atoms with Crippen molar-refractivity contribution >= 4 is 5.97 Å². The van der Waals surface area contributed by atoms with Crippen LogP contribution < -0.4 is 0 Å². The first-order chi connectivity index (χ1) is 10.5. The number of aromatic carboxylic acids is 1. The number of aryl methyl sites for hydroxylation is 1. The number of nitrogens with zero attached hydrogens (tertiary/aromatic N) is 1. The molecule has 0 aliphatic carbocycles. The minimum absolute atomic E-state index is 0.0576. The van der Waals surface area contributed by atoms with Gasteiger partial charge in [0.05, 0.1) is 11.1 Å². The number of nitriles is 1. The molecule has 22 heavy (non-hydrogen) atoms. The number of hydrogen-bond donors (Lipinski definition) is 2. The molecule has 0 spiro atoms. The number of carboxylic acid groups (broad SMARTS) is 1. The number of carbonyl (C=O) groups is 1. The Bertz CT molecular complexity index is 693. The summed E-state index contributed by atoms with van der Waals surface area (Å²) in [6.45, 7) is 2.04. The zero-order valence-corrected chi connectivity index (χ0v) is 12.1. The Labute approximate surface area is 128 Å². The number of carboxylic acids is 1. The zero-order valence-electron chi connectivity index (χ0n) is 12.1. The highest BCUT2D eigenvalue weighted by molar-refractivity contribution is 5.89. The summed E-state index contributed by atoms with van der Waals surface area (Å²) in [5.74, 6) is -1.70. The van der Waals surface area contributed by atoms with Gasteiger partial charge in [-0.1, -0.05) is 31.5 Å². The monoisotopic (exact) mass is 301 g/mol. The molecule has 0 fully saturated rings. The molecule has 0 saturated heterocycles. The fourth-order valence-electron chi connectivity index (χ4n) is 1.81. The van der Waals surface area contributed by atoms with E-state index in [4.69, 9.17) is 15.5 Å². The molecule has 0 unspecified atom stereocenters. The Hall–Kier alpha value is -2.87. The summed E-state index contributed by atoms with van der Waals surface area (Å²) >= 11 is 0. The number of hydrogen-bond acceptors (Lipinski definition) is 3. The summed E-state index contributed by atoms with van der Waals surface area (Å²) in [7, 11) is 0. The normalized spacial score (nSPS) is 9.32. The van der Waals surface area contributed by atoms with Gasteiger partial charge in [-0.3, -0.25) is 0 Å². The van der Waals surface area contributed by atoms with Crippen molar-refractivity contribution in [3.8, 4) is 11.8 Å². The fraction of sp³-hybridized carbons (Fsp3) is 0.176. The molecule has 0 aromatic heterocycles. The second kappa shape index (κ2) is 8.42. The van der Waals surface area contributed by atoms with Crippen molar-refractivity contribution in [3.63, 3.8) is 0 Å². The quantitative estimate of drug-likeness (QED) is 0.904. The second-order valence-electron chi connectivity index (χ2n) is 4.49. The van der Waals surface area contributed by atoms with Crippen molar-refractivity contribution < 1.29 is 19.4 Å². The lowest BCUT2D eigenvalue weighted by molar-refractivity contribution is 0.0695. The maximum absolute atomic E-state index is 12.5. The standard InChI is InChI=1S/C10H12O2.C7H4FNO/c1-2-5-8-6-3-4-7-9(8)10(11)12;8-7-3-6(10)2-1-5(7)4-9/h3-4,6-7H,2,5H2,1H3,(H,11,12);1-3,10H. The molecule has 2 N–H and O–H groups in total. The molecule has 0 amide bonds. The molecule has 0 aliphatic heterocycles. The van der Waals surface area contributed by atoms with Gasteiger partial charge >= 0.3 is 5.97 Å². The Morgan fingerprint density at radius 3 is 2.50 bits per heavy atom. The van der Waals surface area contributed by atoms with Crippen molar-refractivity contribution in [2.45, 2.75) is 19.8 Å². The van der Waals surface area contributed by atoms with Gasteiger partial charge in [-0.25, -0.2) is 9.18 Å². The molecule has 2 rings (SSSR count). The summed E-state index contributed by atoms with van der Waals surface area (Å²) in [5.41, 5.74) is 1.30. The lowest BCUT2D eigenvalue weighted by atomic mass is 10.0. The van der Waals surface area contributed by atoms with Gasteiger partial charge in [-0.15, -0.1) is 0 Å². The average molecular weight is 301 g/mol. The van der Waals surface area contributed by atoms with Crippen molar-refractivity contribution in [3.05, 3.63) is 65.0 Å². The van der Waals surface area contributed by atoms with Gasteiger partial charge in [0.1, 0.15) is 17.6 Å². The van der Waals surface area contributed by atoms with Gasteiger partial charge < -0.3 is 10.2 Å². The van der Waals surface area contributed by atoms with Gasteiger partial charge in [-0.2, -0.15) is 5.26 Å². The van der Waals surface area contributed by atoms with Gasteiger partial charge in [0.25, 0.3) is 0 Å². The lowest BCUT2D eigenvalue weighted by Gasteiger charge is -2.02. The van der Waals surface area contributed by atoms with Crippen LogP contribution in [0, 0.1) is 17.1 Å². The smallest absolute Gasteiger partial charge is 0.335 e. The molecule has 2 aromatic carbocycles. The van der Waals surface area contributed by atoms with Crippen LogP contribution in [-0.2, 0) is 6.42 Å². The van der Waals surface area contributed by atoms with Crippen LogP contribution in [0.4, 0.5) is 4.39 Å². The number of phenolic OH excluding ortho intramolecular Hbond substituents is 1. The first-order valence-electron chi connectivity index (χ1n) is 6.69. The Kier molecular flexibility index (Phi) is 6.58. The third kappa shape index (κ3) is 4.91. The van der Waals surface area contributed by atoms with Crippen molar-refractivity contribution in [1.82, 2.24) is 0 Å². The van der Waals surface area contributed by atoms with E-state index >= 15 is 0 Å². The highest BCUT2D eigenvalue weighted by Crippen LogP contribution is 2.13. The molecule has 5 heteroatoms. The van der Waals surface area contributed by atoms with Crippen LogP contribution in [0.2, 0.25) is 0 Å². The number of aromatic hydroxyl groups is 1. The number of halogens is 1. The minimum Gasteiger partial charge on any atom is -0.508 e. The summed E-state index contributed by atoms with van der Waals surface area (Å²) in [5, 5.41) is 25.7. The molecule has 0 bridgehead atoms. The van der Waals surface area contributed by atoms with Crippen LogP contribution in [0.15, 0.2) is 42.5 Å². The third-order valence-corrected chi connectivity index (χ3v) is 2.84. The Balaban J connectivity index is 0.000000224. The summed E-state index contributed by atoms with van der Waals surface area (Å²) in [4.78, 5) is 10.7. The van der Waals surface area contributed by atoms with E-state index in [0.717, 1.165) is 24.5 Å². The van der Waals surface area contributed by atoms with Crippen LogP contribution in [-0.4, -0.2) is 16.2 Å². The Morgan fingerprint density at radius 1 is 1.27 bits per heavy atom. The van der Waals surface area contributed by atoms with Gasteiger partial charge in [0, 0.05) is 6.07 Å². The molecule has 114 valence electrons. The van der Waals surface area contributed by atoms with Gasteiger partial charge in [0.2, 0.25) is 0 Å². The molecule has 0 saturated carbocycles. The number of phenols is 1. The van der Waals surface area contributed by atoms with E-state index in [0.29, 0.717) is 5.56 Å². The zero-order chi connectivity index (χ0) is 16.5. The maximum atomic E-state index is 12.5. The second-order valence-corrected chi connectivity index (χ2v) is 4.49. The van der Waals surface area contributed by atoms with Crippen LogP contribution in [0.5, 0.6) is 5.75 Å². The van der Waals surface area contributed by atoms with Crippen LogP contribution in [0.1, 0.15) is 34.8 Å². The SMILES string of the molecule is CCCc1ccccc1C(=O)O.N#Cc1ccc(O)cc1F. The maximum Gasteiger partial charge on any atom is 0.335 e. The van der Waals surface area contributed by atoms with E-state index in [1.54, 1.807) is 18.2 Å². The molecular formula is C17H16FNO3. The lowest BCUT2D eigenvalue weighted by Crippen LogP contribution is -2.01. The highest BCUT2D eigenvalue weighted by atomic mass is 19.1. The van der Waals surface area contributed by atoms with Crippen LogP contribution in [0.25, 0.3) is 0 Å². The van der Waals surface area contributed by atoms with E-state index < -0.39 is 11.8 Å². The van der Waals surface area contributed by atoms with Crippen LogP contribution >= 0.6 is 0 Å². The predicted molar refractivity (Wildman–Crippen MR) is 80.2 cm³/mol. The average Bonchev–Trinajstić information content (AvgIpc) is 2.49. The van der Waals surface area contributed by atoms with Gasteiger partial charge in [0.15, 0.2) is 0 Å². The summed E-state index contributed by atoms with van der Waals surface area (Å²) in [6.07, 6.45) is 1.81. The molecule has 0 atom stereocenters. The van der Waals surface area contributed by atoms with Crippen molar-refractivity contribution in [2.24, 2.45) is 0 Å². The van der Waals surface area contributed by atoms with Crippen molar-refractivity contribution in [2.75, 3.05) is 0 Å². The van der Waals surface area contributed by atoms with E-state index in [-0.39, 0.29) is 11.3 Å². The van der Waals surface area contributed by atoms with E-state index in [1.807, 2.05) is 19.1 Å². The topological polar surface area (TPSA) is 81.3 Å².